The first-order valence-corrected chi connectivity index (χ1v) is 8.94. The highest BCUT2D eigenvalue weighted by atomic mass is 35.5. The van der Waals surface area contributed by atoms with Gasteiger partial charge in [-0.05, 0) is 48.9 Å². The maximum absolute atomic E-state index is 12.7. The molecule has 0 bridgehead atoms. The summed E-state index contributed by atoms with van der Waals surface area (Å²) in [6.07, 6.45) is 1.84. The third kappa shape index (κ3) is 3.80. The summed E-state index contributed by atoms with van der Waals surface area (Å²) in [6, 6.07) is 11.5. The van der Waals surface area contributed by atoms with Gasteiger partial charge in [0.25, 0.3) is 5.91 Å². The van der Waals surface area contributed by atoms with Gasteiger partial charge in [0, 0.05) is 35.8 Å². The van der Waals surface area contributed by atoms with Crippen LogP contribution in [-0.4, -0.2) is 29.0 Å². The lowest BCUT2D eigenvalue weighted by Crippen LogP contribution is -2.38. The first-order chi connectivity index (χ1) is 12.0. The second kappa shape index (κ2) is 7.46. The lowest BCUT2D eigenvalue weighted by Gasteiger charge is -2.32. The predicted molar refractivity (Wildman–Crippen MR) is 100 cm³/mol. The van der Waals surface area contributed by atoms with Crippen molar-refractivity contribution in [2.45, 2.75) is 32.2 Å². The quantitative estimate of drug-likeness (QED) is 0.876. The van der Waals surface area contributed by atoms with Crippen molar-refractivity contribution < 1.29 is 9.90 Å². The Kier molecular flexibility index (Phi) is 5.30. The van der Waals surface area contributed by atoms with E-state index in [4.69, 9.17) is 17.3 Å². The van der Waals surface area contributed by atoms with E-state index in [1.807, 2.05) is 17.0 Å². The van der Waals surface area contributed by atoms with Crippen LogP contribution in [0, 0.1) is 6.92 Å². The van der Waals surface area contributed by atoms with Gasteiger partial charge in [-0.25, -0.2) is 0 Å². The van der Waals surface area contributed by atoms with Gasteiger partial charge in [0.2, 0.25) is 0 Å². The highest BCUT2D eigenvalue weighted by Gasteiger charge is 2.25. The number of hydrogen-bond acceptors (Lipinski definition) is 3. The second-order valence-electron chi connectivity index (χ2n) is 6.62. The first-order valence-electron chi connectivity index (χ1n) is 8.57. The van der Waals surface area contributed by atoms with Crippen LogP contribution in [0.25, 0.3) is 0 Å². The van der Waals surface area contributed by atoms with Crippen LogP contribution < -0.4 is 5.73 Å². The van der Waals surface area contributed by atoms with E-state index in [9.17, 15) is 9.90 Å². The topological polar surface area (TPSA) is 66.6 Å². The van der Waals surface area contributed by atoms with E-state index in [1.165, 1.54) is 11.6 Å². The third-order valence-electron chi connectivity index (χ3n) is 5.00. The molecule has 1 fully saturated rings. The van der Waals surface area contributed by atoms with Crippen molar-refractivity contribution in [3.63, 3.8) is 0 Å². The molecule has 0 saturated carbocycles. The number of hydrogen-bond donors (Lipinski definition) is 2. The zero-order chi connectivity index (χ0) is 18.0. The average molecular weight is 359 g/mol. The first kappa shape index (κ1) is 17.8. The molecule has 3 rings (SSSR count). The zero-order valence-electron chi connectivity index (χ0n) is 14.3. The summed E-state index contributed by atoms with van der Waals surface area (Å²) < 4.78 is 0. The maximum Gasteiger partial charge on any atom is 0.254 e. The molecule has 3 N–H and O–H groups in total. The Morgan fingerprint density at radius 2 is 2.00 bits per heavy atom. The number of aromatic hydroxyl groups is 1. The molecule has 0 unspecified atom stereocenters. The summed E-state index contributed by atoms with van der Waals surface area (Å²) in [7, 11) is 0. The Morgan fingerprint density at radius 3 is 2.64 bits per heavy atom. The molecule has 2 aromatic rings. The molecule has 0 atom stereocenters. The van der Waals surface area contributed by atoms with Gasteiger partial charge < -0.3 is 15.7 Å². The number of benzene rings is 2. The summed E-state index contributed by atoms with van der Waals surface area (Å²) in [4.78, 5) is 14.5. The Bertz CT molecular complexity index is 760. The molecule has 4 nitrogen and oxygen atoms in total. The lowest BCUT2D eigenvalue weighted by atomic mass is 9.88. The number of carbonyl (C=O) groups is 1. The summed E-state index contributed by atoms with van der Waals surface area (Å²) in [5, 5.41) is 10.3. The fourth-order valence-electron chi connectivity index (χ4n) is 3.36. The number of piperidine rings is 1. The normalized spacial score (nSPS) is 15.4. The minimum absolute atomic E-state index is 0.0596. The van der Waals surface area contributed by atoms with Crippen LogP contribution in [0.15, 0.2) is 36.4 Å². The van der Waals surface area contributed by atoms with Crippen LogP contribution in [0.1, 0.15) is 45.8 Å². The standard InChI is InChI=1S/C20H23ClN2O2/c1-13-18(21)10-17(11-19(13)24)20(25)23-7-5-15(6-8-23)16-4-2-3-14(9-16)12-22/h2-4,9-11,15,24H,5-8,12,22H2,1H3. The van der Waals surface area contributed by atoms with E-state index >= 15 is 0 Å². The molecular weight excluding hydrogens is 336 g/mol. The van der Waals surface area contributed by atoms with E-state index in [0.29, 0.717) is 41.7 Å². The Balaban J connectivity index is 1.68. The van der Waals surface area contributed by atoms with Crippen LogP contribution in [0.2, 0.25) is 5.02 Å². The van der Waals surface area contributed by atoms with Crippen LogP contribution >= 0.6 is 11.6 Å². The molecule has 0 aromatic heterocycles. The van der Waals surface area contributed by atoms with Crippen molar-refractivity contribution in [2.75, 3.05) is 13.1 Å². The molecule has 0 aliphatic carbocycles. The number of phenols is 1. The van der Waals surface area contributed by atoms with E-state index in [0.717, 1.165) is 18.4 Å². The van der Waals surface area contributed by atoms with Crippen molar-refractivity contribution in [1.82, 2.24) is 4.90 Å². The predicted octanol–water partition coefficient (Wildman–Crippen LogP) is 3.83. The van der Waals surface area contributed by atoms with Gasteiger partial charge in [-0.15, -0.1) is 0 Å². The fourth-order valence-corrected chi connectivity index (χ4v) is 3.57. The van der Waals surface area contributed by atoms with Gasteiger partial charge in [0.1, 0.15) is 5.75 Å². The van der Waals surface area contributed by atoms with Gasteiger partial charge in [-0.2, -0.15) is 0 Å². The molecule has 1 heterocycles. The fraction of sp³-hybridized carbons (Fsp3) is 0.350. The minimum Gasteiger partial charge on any atom is -0.508 e. The number of likely N-dealkylation sites (tertiary alicyclic amines) is 1. The summed E-state index contributed by atoms with van der Waals surface area (Å²) >= 11 is 6.09. The van der Waals surface area contributed by atoms with Crippen LogP contribution in [0.5, 0.6) is 5.75 Å². The molecular formula is C20H23ClN2O2. The molecule has 1 amide bonds. The van der Waals surface area contributed by atoms with Crippen LogP contribution in [0.3, 0.4) is 0 Å². The van der Waals surface area contributed by atoms with Gasteiger partial charge in [0.15, 0.2) is 0 Å². The van der Waals surface area contributed by atoms with Gasteiger partial charge >= 0.3 is 0 Å². The molecule has 25 heavy (non-hydrogen) atoms. The SMILES string of the molecule is Cc1c(O)cc(C(=O)N2CCC(c3cccc(CN)c3)CC2)cc1Cl. The third-order valence-corrected chi connectivity index (χ3v) is 5.40. The molecule has 5 heteroatoms. The van der Waals surface area contributed by atoms with E-state index < -0.39 is 0 Å². The molecule has 2 aromatic carbocycles. The number of nitrogens with two attached hydrogens (primary N) is 1. The summed E-state index contributed by atoms with van der Waals surface area (Å²) in [5.74, 6) is 0.432. The molecule has 132 valence electrons. The number of carbonyl (C=O) groups excluding carboxylic acids is 1. The molecule has 1 aliphatic rings. The smallest absolute Gasteiger partial charge is 0.254 e. The number of nitrogens with zero attached hydrogens (tertiary/aromatic N) is 1. The average Bonchev–Trinajstić information content (AvgIpc) is 2.65. The molecule has 1 saturated heterocycles. The highest BCUT2D eigenvalue weighted by Crippen LogP contribution is 2.31. The Morgan fingerprint density at radius 1 is 1.28 bits per heavy atom. The van der Waals surface area contributed by atoms with Crippen LogP contribution in [0.4, 0.5) is 0 Å². The molecule has 0 spiro atoms. The molecule has 0 radical (unpaired) electrons. The van der Waals surface area contributed by atoms with Crippen molar-refractivity contribution in [3.8, 4) is 5.75 Å². The monoisotopic (exact) mass is 358 g/mol. The van der Waals surface area contributed by atoms with Gasteiger partial charge in [-0.1, -0.05) is 35.9 Å². The van der Waals surface area contributed by atoms with Crippen molar-refractivity contribution >= 4 is 17.5 Å². The maximum atomic E-state index is 12.7. The molecule has 1 aliphatic heterocycles. The highest BCUT2D eigenvalue weighted by molar-refractivity contribution is 6.32. The van der Waals surface area contributed by atoms with E-state index in [2.05, 4.69) is 12.1 Å². The Labute approximate surface area is 153 Å². The number of halogens is 1. The van der Waals surface area contributed by atoms with E-state index in [1.54, 1.807) is 13.0 Å². The lowest BCUT2D eigenvalue weighted by molar-refractivity contribution is 0.0712. The van der Waals surface area contributed by atoms with Crippen molar-refractivity contribution in [2.24, 2.45) is 5.73 Å². The number of rotatable bonds is 3. The summed E-state index contributed by atoms with van der Waals surface area (Å²) in [5.41, 5.74) is 9.20. The largest absolute Gasteiger partial charge is 0.508 e. The number of amides is 1. The van der Waals surface area contributed by atoms with Crippen LogP contribution in [-0.2, 0) is 6.54 Å². The van der Waals surface area contributed by atoms with Gasteiger partial charge in [0.05, 0.1) is 0 Å². The van der Waals surface area contributed by atoms with E-state index in [-0.39, 0.29) is 11.7 Å². The van der Waals surface area contributed by atoms with Crippen molar-refractivity contribution in [1.29, 1.82) is 0 Å². The number of phenolic OH excluding ortho intramolecular Hbond substituents is 1. The minimum atomic E-state index is -0.0774. The summed E-state index contributed by atoms with van der Waals surface area (Å²) in [6.45, 7) is 3.67. The second-order valence-corrected chi connectivity index (χ2v) is 7.03. The zero-order valence-corrected chi connectivity index (χ0v) is 15.1. The van der Waals surface area contributed by atoms with Gasteiger partial charge in [-0.3, -0.25) is 4.79 Å². The van der Waals surface area contributed by atoms with Crippen molar-refractivity contribution in [3.05, 3.63) is 63.7 Å². The Hall–Kier alpha value is -2.04.